The third-order valence-electron chi connectivity index (χ3n) is 6.96. The van der Waals surface area contributed by atoms with Gasteiger partial charge in [0, 0.05) is 6.54 Å². The smallest absolute Gasteiger partial charge is 0.122 e. The van der Waals surface area contributed by atoms with Crippen LogP contribution in [-0.4, -0.2) is 70.1 Å². The van der Waals surface area contributed by atoms with E-state index in [4.69, 9.17) is 9.47 Å². The normalized spacial score (nSPS) is 13.8. The van der Waals surface area contributed by atoms with E-state index in [2.05, 4.69) is 31.3 Å². The van der Waals surface area contributed by atoms with Crippen molar-refractivity contribution in [2.24, 2.45) is 0 Å². The third kappa shape index (κ3) is 10.2. The molecule has 7 nitrogen and oxygen atoms in total. The molecule has 2 rings (SSSR count). The van der Waals surface area contributed by atoms with Gasteiger partial charge >= 0.3 is 0 Å². The van der Waals surface area contributed by atoms with Crippen LogP contribution in [0.5, 0.6) is 11.5 Å². The first-order valence-corrected chi connectivity index (χ1v) is 13.8. The Bertz CT molecular complexity index is 900. The molecule has 0 amide bonds. The lowest BCUT2D eigenvalue weighted by molar-refractivity contribution is -0.0522. The van der Waals surface area contributed by atoms with Crippen molar-refractivity contribution >= 4 is 0 Å². The summed E-state index contributed by atoms with van der Waals surface area (Å²) in [5.41, 5.74) is 2.19. The summed E-state index contributed by atoms with van der Waals surface area (Å²) in [5, 5.41) is 42.6. The first kappa shape index (κ1) is 32.1. The van der Waals surface area contributed by atoms with Crippen LogP contribution in [0.3, 0.4) is 0 Å². The molecule has 0 aliphatic rings. The van der Waals surface area contributed by atoms with Gasteiger partial charge in [0.05, 0.1) is 36.6 Å². The van der Waals surface area contributed by atoms with Gasteiger partial charge in [-0.25, -0.2) is 0 Å². The summed E-state index contributed by atoms with van der Waals surface area (Å²) in [5.74, 6) is 1.71. The van der Waals surface area contributed by atoms with Crippen molar-refractivity contribution in [1.29, 1.82) is 0 Å². The van der Waals surface area contributed by atoms with Crippen molar-refractivity contribution in [2.45, 2.75) is 97.1 Å². The molecule has 7 heteroatoms. The van der Waals surface area contributed by atoms with Gasteiger partial charge in [-0.15, -0.1) is 0 Å². The van der Waals surface area contributed by atoms with E-state index in [1.807, 2.05) is 24.3 Å². The van der Waals surface area contributed by atoms with E-state index in [0.29, 0.717) is 32.7 Å². The Labute approximate surface area is 228 Å². The molecule has 38 heavy (non-hydrogen) atoms. The summed E-state index contributed by atoms with van der Waals surface area (Å²) in [6.45, 7) is 12.8. The van der Waals surface area contributed by atoms with E-state index in [0.717, 1.165) is 59.4 Å². The SMILES string of the molecule is Cc1c(OCCCCCC(O)C(C)(C)O)cccc1-c1cccc(OCCCNCC(O)C(C)(C)O)c1C. The lowest BCUT2D eigenvalue weighted by Crippen LogP contribution is -2.43. The van der Waals surface area contributed by atoms with Crippen LogP contribution in [0.1, 0.15) is 70.9 Å². The van der Waals surface area contributed by atoms with Crippen molar-refractivity contribution in [2.75, 3.05) is 26.3 Å². The summed E-state index contributed by atoms with van der Waals surface area (Å²) < 4.78 is 12.2. The Morgan fingerprint density at radius 3 is 1.71 bits per heavy atom. The van der Waals surface area contributed by atoms with Gasteiger partial charge in [-0.1, -0.05) is 30.7 Å². The fraction of sp³-hybridized carbons (Fsp3) is 0.613. The number of hydrogen-bond donors (Lipinski definition) is 5. The lowest BCUT2D eigenvalue weighted by Gasteiger charge is -2.24. The van der Waals surface area contributed by atoms with Crippen LogP contribution in [0.15, 0.2) is 36.4 Å². The second kappa shape index (κ2) is 14.8. The number of rotatable bonds is 17. The fourth-order valence-corrected chi connectivity index (χ4v) is 4.14. The molecule has 0 aliphatic carbocycles. The van der Waals surface area contributed by atoms with Gasteiger partial charge in [-0.05, 0) is 108 Å². The minimum atomic E-state index is -1.12. The zero-order valence-electron chi connectivity index (χ0n) is 24.1. The fourth-order valence-electron chi connectivity index (χ4n) is 4.14. The summed E-state index contributed by atoms with van der Waals surface area (Å²) in [6.07, 6.45) is 2.50. The van der Waals surface area contributed by atoms with Gasteiger partial charge in [-0.3, -0.25) is 0 Å². The second-order valence-corrected chi connectivity index (χ2v) is 11.3. The van der Waals surface area contributed by atoms with Crippen LogP contribution >= 0.6 is 0 Å². The Balaban J connectivity index is 1.87. The zero-order chi connectivity index (χ0) is 28.3. The van der Waals surface area contributed by atoms with Gasteiger partial charge in [0.1, 0.15) is 11.5 Å². The van der Waals surface area contributed by atoms with Crippen LogP contribution < -0.4 is 14.8 Å². The van der Waals surface area contributed by atoms with Crippen molar-refractivity contribution in [3.63, 3.8) is 0 Å². The highest BCUT2D eigenvalue weighted by Gasteiger charge is 2.24. The largest absolute Gasteiger partial charge is 0.493 e. The molecule has 5 N–H and O–H groups in total. The van der Waals surface area contributed by atoms with E-state index >= 15 is 0 Å². The molecule has 2 unspecified atom stereocenters. The molecule has 0 spiro atoms. The molecule has 214 valence electrons. The molecule has 0 fully saturated rings. The number of ether oxygens (including phenoxy) is 2. The van der Waals surface area contributed by atoms with Crippen LogP contribution in [-0.2, 0) is 0 Å². The van der Waals surface area contributed by atoms with E-state index in [1.54, 1.807) is 27.7 Å². The molecule has 0 heterocycles. The van der Waals surface area contributed by atoms with E-state index in [-0.39, 0.29) is 0 Å². The van der Waals surface area contributed by atoms with E-state index in [1.165, 1.54) is 0 Å². The van der Waals surface area contributed by atoms with Gasteiger partial charge in [0.2, 0.25) is 0 Å². The molecule has 2 aromatic carbocycles. The summed E-state index contributed by atoms with van der Waals surface area (Å²) in [4.78, 5) is 0. The number of hydrogen-bond acceptors (Lipinski definition) is 7. The predicted octanol–water partition coefficient (Wildman–Crippen LogP) is 4.53. The lowest BCUT2D eigenvalue weighted by atomic mass is 9.95. The Kier molecular flexibility index (Phi) is 12.5. The summed E-state index contributed by atoms with van der Waals surface area (Å²) in [6, 6.07) is 12.2. The summed E-state index contributed by atoms with van der Waals surface area (Å²) in [7, 11) is 0. The number of aliphatic hydroxyl groups excluding tert-OH is 2. The average Bonchev–Trinajstić information content (AvgIpc) is 2.84. The highest BCUT2D eigenvalue weighted by Crippen LogP contribution is 2.35. The number of nitrogens with one attached hydrogen (secondary N) is 1. The molecule has 0 bridgehead atoms. The monoisotopic (exact) mass is 531 g/mol. The van der Waals surface area contributed by atoms with Gasteiger partial charge in [-0.2, -0.15) is 0 Å². The molecule has 2 aromatic rings. The molecule has 0 saturated heterocycles. The van der Waals surface area contributed by atoms with Crippen molar-refractivity contribution in [3.8, 4) is 22.6 Å². The maximum atomic E-state index is 9.95. The molecule has 0 aliphatic heterocycles. The topological polar surface area (TPSA) is 111 Å². The molecule has 2 atom stereocenters. The van der Waals surface area contributed by atoms with Crippen LogP contribution in [0.4, 0.5) is 0 Å². The zero-order valence-corrected chi connectivity index (χ0v) is 24.1. The maximum Gasteiger partial charge on any atom is 0.122 e. The number of benzene rings is 2. The van der Waals surface area contributed by atoms with Gasteiger partial charge in [0.15, 0.2) is 0 Å². The number of aliphatic hydroxyl groups is 4. The maximum absolute atomic E-state index is 9.95. The molecule has 0 radical (unpaired) electrons. The van der Waals surface area contributed by atoms with Crippen molar-refractivity contribution in [3.05, 3.63) is 47.5 Å². The van der Waals surface area contributed by atoms with Gasteiger partial charge in [0.25, 0.3) is 0 Å². The molecule has 0 aromatic heterocycles. The minimum Gasteiger partial charge on any atom is -0.493 e. The Morgan fingerprint density at radius 2 is 1.21 bits per heavy atom. The molecule has 0 saturated carbocycles. The molecular formula is C31H49NO6. The quantitative estimate of drug-likeness (QED) is 0.191. The highest BCUT2D eigenvalue weighted by atomic mass is 16.5. The van der Waals surface area contributed by atoms with Crippen LogP contribution in [0.2, 0.25) is 0 Å². The third-order valence-corrected chi connectivity index (χ3v) is 6.96. The van der Waals surface area contributed by atoms with E-state index < -0.39 is 23.4 Å². The predicted molar refractivity (Wildman–Crippen MR) is 153 cm³/mol. The highest BCUT2D eigenvalue weighted by molar-refractivity contribution is 5.74. The second-order valence-electron chi connectivity index (χ2n) is 11.3. The first-order valence-electron chi connectivity index (χ1n) is 13.8. The minimum absolute atomic E-state index is 0.334. The number of unbranched alkanes of at least 4 members (excludes halogenated alkanes) is 2. The molecular weight excluding hydrogens is 482 g/mol. The van der Waals surface area contributed by atoms with Crippen molar-refractivity contribution < 1.29 is 29.9 Å². The van der Waals surface area contributed by atoms with E-state index in [9.17, 15) is 20.4 Å². The van der Waals surface area contributed by atoms with Crippen LogP contribution in [0, 0.1) is 13.8 Å². The van der Waals surface area contributed by atoms with Crippen molar-refractivity contribution in [1.82, 2.24) is 5.32 Å². The Hall–Kier alpha value is -2.16. The Morgan fingerprint density at radius 1 is 0.711 bits per heavy atom. The van der Waals surface area contributed by atoms with Crippen LogP contribution in [0.25, 0.3) is 11.1 Å². The first-order chi connectivity index (χ1) is 17.8. The summed E-state index contributed by atoms with van der Waals surface area (Å²) >= 11 is 0. The standard InChI is InChI=1S/C31H49NO6/c1-22-24(13-10-15-26(22)37-19-9-7-8-17-28(33)30(3,4)35)25-14-11-16-27(23(25)2)38-20-12-18-32-21-29(34)31(5,6)36/h10-11,13-16,28-29,32-36H,7-9,12,17-21H2,1-6H3. The average molecular weight is 532 g/mol. The van der Waals surface area contributed by atoms with Gasteiger partial charge < -0.3 is 35.2 Å².